The average molecular weight is 356 g/mol. The molecule has 0 heterocycles. The summed E-state index contributed by atoms with van der Waals surface area (Å²) in [5, 5.41) is 3.20. The number of nitrogens with one attached hydrogen (secondary N) is 1. The van der Waals surface area contributed by atoms with Crippen molar-refractivity contribution in [3.63, 3.8) is 0 Å². The second-order valence-corrected chi connectivity index (χ2v) is 5.50. The molecule has 0 saturated carbocycles. The van der Waals surface area contributed by atoms with Crippen LogP contribution in [0.2, 0.25) is 0 Å². The van der Waals surface area contributed by atoms with Crippen LogP contribution in [0.1, 0.15) is 18.9 Å². The van der Waals surface area contributed by atoms with Gasteiger partial charge in [0.2, 0.25) is 0 Å². The summed E-state index contributed by atoms with van der Waals surface area (Å²) in [5.41, 5.74) is 0.783. The molecule has 2 nitrogen and oxygen atoms in total. The van der Waals surface area contributed by atoms with Crippen LogP contribution >= 0.6 is 15.9 Å². The molecule has 0 radical (unpaired) electrons. The maximum absolute atomic E-state index is 13.6. The summed E-state index contributed by atoms with van der Waals surface area (Å²) in [6.07, 6.45) is 1.01. The number of ether oxygens (including phenoxy) is 1. The molecular weight excluding hydrogens is 340 g/mol. The van der Waals surface area contributed by atoms with Gasteiger partial charge in [-0.3, -0.25) is 0 Å². The molecule has 2 aromatic carbocycles. The van der Waals surface area contributed by atoms with Gasteiger partial charge in [-0.25, -0.2) is 8.78 Å². The Labute approximate surface area is 131 Å². The van der Waals surface area contributed by atoms with Gasteiger partial charge in [0.1, 0.15) is 23.1 Å². The lowest BCUT2D eigenvalue weighted by Gasteiger charge is -2.10. The topological polar surface area (TPSA) is 21.3 Å². The standard InChI is InChI=1S/C16H16BrF2NO/c1-2-5-20-10-11-6-13(19)8-14(7-11)21-16-9-12(18)3-4-15(16)17/h3-4,6-9,20H,2,5,10H2,1H3. The largest absolute Gasteiger partial charge is 0.456 e. The highest BCUT2D eigenvalue weighted by Gasteiger charge is 2.07. The number of rotatable bonds is 6. The minimum atomic E-state index is -0.408. The first-order chi connectivity index (χ1) is 10.1. The number of halogens is 3. The van der Waals surface area contributed by atoms with Gasteiger partial charge in [-0.05, 0) is 58.7 Å². The summed E-state index contributed by atoms with van der Waals surface area (Å²) in [5.74, 6) is -0.134. The Hall–Kier alpha value is -1.46. The van der Waals surface area contributed by atoms with Gasteiger partial charge in [0, 0.05) is 18.7 Å². The molecule has 2 aromatic rings. The van der Waals surface area contributed by atoms with E-state index < -0.39 is 5.82 Å². The van der Waals surface area contributed by atoms with Crippen molar-refractivity contribution >= 4 is 15.9 Å². The third kappa shape index (κ3) is 4.79. The monoisotopic (exact) mass is 355 g/mol. The lowest BCUT2D eigenvalue weighted by Crippen LogP contribution is -2.13. The molecule has 0 aliphatic heterocycles. The van der Waals surface area contributed by atoms with Gasteiger partial charge in [0.25, 0.3) is 0 Å². The molecule has 2 rings (SSSR count). The van der Waals surface area contributed by atoms with E-state index in [4.69, 9.17) is 4.74 Å². The highest BCUT2D eigenvalue weighted by atomic mass is 79.9. The van der Waals surface area contributed by atoms with E-state index in [1.807, 2.05) is 0 Å². The van der Waals surface area contributed by atoms with Crippen LogP contribution in [0.25, 0.3) is 0 Å². The quantitative estimate of drug-likeness (QED) is 0.734. The molecular formula is C16H16BrF2NO. The molecule has 0 atom stereocenters. The van der Waals surface area contributed by atoms with E-state index in [9.17, 15) is 8.78 Å². The molecule has 0 amide bonds. The fourth-order valence-electron chi connectivity index (χ4n) is 1.87. The first-order valence-electron chi connectivity index (χ1n) is 6.71. The summed E-state index contributed by atoms with van der Waals surface area (Å²) < 4.78 is 33.0. The molecule has 5 heteroatoms. The van der Waals surface area contributed by atoms with Crippen molar-refractivity contribution < 1.29 is 13.5 Å². The van der Waals surface area contributed by atoms with Crippen molar-refractivity contribution in [1.82, 2.24) is 5.32 Å². The number of hydrogen-bond donors (Lipinski definition) is 1. The second-order valence-electron chi connectivity index (χ2n) is 4.65. The fourth-order valence-corrected chi connectivity index (χ4v) is 2.20. The van der Waals surface area contributed by atoms with Crippen molar-refractivity contribution in [2.75, 3.05) is 6.54 Å². The third-order valence-electron chi connectivity index (χ3n) is 2.81. The van der Waals surface area contributed by atoms with E-state index in [-0.39, 0.29) is 5.82 Å². The Morgan fingerprint density at radius 1 is 1.10 bits per heavy atom. The van der Waals surface area contributed by atoms with Gasteiger partial charge >= 0.3 is 0 Å². The Kier molecular flexibility index (Phi) is 5.70. The third-order valence-corrected chi connectivity index (χ3v) is 3.46. The molecule has 0 bridgehead atoms. The number of hydrogen-bond acceptors (Lipinski definition) is 2. The number of benzene rings is 2. The minimum absolute atomic E-state index is 0.313. The van der Waals surface area contributed by atoms with Crippen LogP contribution in [0.3, 0.4) is 0 Å². The van der Waals surface area contributed by atoms with Gasteiger partial charge in [-0.2, -0.15) is 0 Å². The van der Waals surface area contributed by atoms with E-state index >= 15 is 0 Å². The lowest BCUT2D eigenvalue weighted by atomic mass is 10.2. The lowest BCUT2D eigenvalue weighted by molar-refractivity contribution is 0.467. The van der Waals surface area contributed by atoms with Crippen molar-refractivity contribution in [3.05, 3.63) is 58.1 Å². The molecule has 21 heavy (non-hydrogen) atoms. The summed E-state index contributed by atoms with van der Waals surface area (Å²) in [6, 6.07) is 8.60. The van der Waals surface area contributed by atoms with Crippen molar-refractivity contribution in [1.29, 1.82) is 0 Å². The zero-order chi connectivity index (χ0) is 15.2. The van der Waals surface area contributed by atoms with Crippen LogP contribution in [0.5, 0.6) is 11.5 Å². The molecule has 0 unspecified atom stereocenters. The SMILES string of the molecule is CCCNCc1cc(F)cc(Oc2cc(F)ccc2Br)c1. The zero-order valence-corrected chi connectivity index (χ0v) is 13.2. The molecule has 0 aliphatic rings. The van der Waals surface area contributed by atoms with Crippen LogP contribution in [0, 0.1) is 11.6 Å². The van der Waals surface area contributed by atoms with E-state index in [0.29, 0.717) is 22.5 Å². The van der Waals surface area contributed by atoms with E-state index in [2.05, 4.69) is 28.2 Å². The van der Waals surface area contributed by atoms with Gasteiger partial charge in [-0.15, -0.1) is 0 Å². The van der Waals surface area contributed by atoms with Gasteiger partial charge in [-0.1, -0.05) is 6.92 Å². The molecule has 1 N–H and O–H groups in total. The first-order valence-corrected chi connectivity index (χ1v) is 7.51. The van der Waals surface area contributed by atoms with Crippen LogP contribution in [-0.4, -0.2) is 6.54 Å². The summed E-state index contributed by atoms with van der Waals surface area (Å²) in [7, 11) is 0. The maximum atomic E-state index is 13.6. The predicted octanol–water partition coefficient (Wildman–Crippen LogP) is 5.02. The normalized spacial score (nSPS) is 10.7. The van der Waals surface area contributed by atoms with Gasteiger partial charge in [0.05, 0.1) is 4.47 Å². The first kappa shape index (κ1) is 15.9. The zero-order valence-electron chi connectivity index (χ0n) is 11.6. The van der Waals surface area contributed by atoms with Crippen LogP contribution in [0.4, 0.5) is 8.78 Å². The van der Waals surface area contributed by atoms with Crippen LogP contribution in [0.15, 0.2) is 40.9 Å². The Morgan fingerprint density at radius 3 is 2.67 bits per heavy atom. The van der Waals surface area contributed by atoms with Crippen LogP contribution in [-0.2, 0) is 6.54 Å². The van der Waals surface area contributed by atoms with Gasteiger partial charge < -0.3 is 10.1 Å². The molecule has 0 saturated heterocycles. The summed E-state index contributed by atoms with van der Waals surface area (Å²) in [4.78, 5) is 0. The van der Waals surface area contributed by atoms with Crippen molar-refractivity contribution in [2.24, 2.45) is 0 Å². The molecule has 0 aliphatic carbocycles. The molecule has 0 aromatic heterocycles. The van der Waals surface area contributed by atoms with Crippen LogP contribution < -0.4 is 10.1 Å². The van der Waals surface area contributed by atoms with E-state index in [1.54, 1.807) is 12.1 Å². The Morgan fingerprint density at radius 2 is 1.90 bits per heavy atom. The maximum Gasteiger partial charge on any atom is 0.144 e. The Balaban J connectivity index is 2.17. The molecule has 0 fully saturated rings. The predicted molar refractivity (Wildman–Crippen MR) is 82.6 cm³/mol. The minimum Gasteiger partial charge on any atom is -0.456 e. The van der Waals surface area contributed by atoms with Crippen molar-refractivity contribution in [2.45, 2.75) is 19.9 Å². The highest BCUT2D eigenvalue weighted by Crippen LogP contribution is 2.31. The smallest absolute Gasteiger partial charge is 0.144 e. The molecule has 112 valence electrons. The second kappa shape index (κ2) is 7.52. The average Bonchev–Trinajstić information content (AvgIpc) is 2.43. The molecule has 0 spiro atoms. The highest BCUT2D eigenvalue weighted by molar-refractivity contribution is 9.10. The van der Waals surface area contributed by atoms with E-state index in [1.165, 1.54) is 24.3 Å². The fraction of sp³-hybridized carbons (Fsp3) is 0.250. The summed E-state index contributed by atoms with van der Waals surface area (Å²) >= 11 is 3.28. The summed E-state index contributed by atoms with van der Waals surface area (Å²) in [6.45, 7) is 3.49. The van der Waals surface area contributed by atoms with E-state index in [0.717, 1.165) is 18.5 Å². The van der Waals surface area contributed by atoms with Gasteiger partial charge in [0.15, 0.2) is 0 Å². The Bertz CT molecular complexity index is 619. The van der Waals surface area contributed by atoms with Crippen molar-refractivity contribution in [3.8, 4) is 11.5 Å².